The number of hydrogen-bond acceptors (Lipinski definition) is 5. The molecule has 0 aliphatic carbocycles. The molecular formula is C33H31NO4S. The first-order chi connectivity index (χ1) is 18.8. The van der Waals surface area contributed by atoms with E-state index in [2.05, 4.69) is 32.9 Å². The average Bonchev–Trinajstić information content (AvgIpc) is 3.18. The van der Waals surface area contributed by atoms with Gasteiger partial charge in [0.15, 0.2) is 0 Å². The number of hydrogen-bond donors (Lipinski definition) is 0. The highest BCUT2D eigenvalue weighted by Crippen LogP contribution is 2.34. The van der Waals surface area contributed by atoms with E-state index in [0.29, 0.717) is 23.9 Å². The fourth-order valence-electron chi connectivity index (χ4n) is 4.37. The number of benzene rings is 4. The third kappa shape index (κ3) is 6.52. The molecule has 6 heteroatoms. The number of carbonyl (C=O) groups is 2. The lowest BCUT2D eigenvalue weighted by Gasteiger charge is -2.19. The molecule has 4 aromatic rings. The number of thioether (sulfide) groups is 1. The molecule has 0 bridgehead atoms. The normalized spacial score (nSPS) is 14.8. The summed E-state index contributed by atoms with van der Waals surface area (Å²) in [6.45, 7) is 7.58. The molecule has 39 heavy (non-hydrogen) atoms. The number of imide groups is 1. The van der Waals surface area contributed by atoms with Gasteiger partial charge in [-0.25, -0.2) is 0 Å². The average molecular weight is 538 g/mol. The van der Waals surface area contributed by atoms with E-state index >= 15 is 0 Å². The van der Waals surface area contributed by atoms with Crippen LogP contribution in [0, 0.1) is 0 Å². The topological polar surface area (TPSA) is 55.8 Å². The molecule has 5 rings (SSSR count). The van der Waals surface area contributed by atoms with E-state index < -0.39 is 0 Å². The van der Waals surface area contributed by atoms with Crippen LogP contribution < -0.4 is 9.47 Å². The lowest BCUT2D eigenvalue weighted by molar-refractivity contribution is -0.123. The maximum Gasteiger partial charge on any atom is 0.293 e. The monoisotopic (exact) mass is 537 g/mol. The van der Waals surface area contributed by atoms with Gasteiger partial charge in [-0.05, 0) is 81.0 Å². The van der Waals surface area contributed by atoms with Crippen LogP contribution in [0.3, 0.4) is 0 Å². The first kappa shape index (κ1) is 26.6. The van der Waals surface area contributed by atoms with Gasteiger partial charge in [-0.3, -0.25) is 14.5 Å². The fourth-order valence-corrected chi connectivity index (χ4v) is 5.21. The molecule has 5 nitrogen and oxygen atoms in total. The second-order valence-electron chi connectivity index (χ2n) is 10.5. The number of carbonyl (C=O) groups excluding carboxylic acids is 2. The summed E-state index contributed by atoms with van der Waals surface area (Å²) >= 11 is 0.965. The van der Waals surface area contributed by atoms with Crippen LogP contribution >= 0.6 is 11.8 Å². The summed E-state index contributed by atoms with van der Waals surface area (Å²) < 4.78 is 11.7. The molecule has 198 valence electrons. The van der Waals surface area contributed by atoms with Gasteiger partial charge in [0.1, 0.15) is 24.7 Å². The Morgan fingerprint density at radius 3 is 2.23 bits per heavy atom. The minimum absolute atomic E-state index is 0.104. The summed E-state index contributed by atoms with van der Waals surface area (Å²) in [5, 5.41) is 1.94. The molecule has 1 fully saturated rings. The highest BCUT2D eigenvalue weighted by molar-refractivity contribution is 8.18. The van der Waals surface area contributed by atoms with Crippen molar-refractivity contribution in [3.63, 3.8) is 0 Å². The van der Waals surface area contributed by atoms with Crippen molar-refractivity contribution in [2.75, 3.05) is 13.2 Å². The van der Waals surface area contributed by atoms with E-state index in [4.69, 9.17) is 9.47 Å². The first-order valence-electron chi connectivity index (χ1n) is 13.0. The highest BCUT2D eigenvalue weighted by Gasteiger charge is 2.35. The minimum atomic E-state index is -0.282. The Kier molecular flexibility index (Phi) is 7.75. The quantitative estimate of drug-likeness (QED) is 0.169. The number of ether oxygens (including phenoxy) is 2. The van der Waals surface area contributed by atoms with Gasteiger partial charge in [-0.1, -0.05) is 81.4 Å². The minimum Gasteiger partial charge on any atom is -0.490 e. The van der Waals surface area contributed by atoms with E-state index in [9.17, 15) is 9.59 Å². The number of amides is 2. The molecular weight excluding hydrogens is 506 g/mol. The van der Waals surface area contributed by atoms with Gasteiger partial charge in [0.2, 0.25) is 0 Å². The predicted octanol–water partition coefficient (Wildman–Crippen LogP) is 7.83. The molecule has 1 heterocycles. The Morgan fingerprint density at radius 2 is 1.49 bits per heavy atom. The molecule has 0 spiro atoms. The van der Waals surface area contributed by atoms with E-state index in [1.165, 1.54) is 10.5 Å². The SMILES string of the molecule is CC(C)(C)c1ccc(OCCOc2cccc(/C=C3\SC(=O)N(Cc4ccc5ccccc5c4)C3=O)c2)cc1. The predicted molar refractivity (Wildman–Crippen MR) is 158 cm³/mol. The van der Waals surface area contributed by atoms with Crippen LogP contribution in [0.4, 0.5) is 4.79 Å². The van der Waals surface area contributed by atoms with Crippen molar-refractivity contribution < 1.29 is 19.1 Å². The van der Waals surface area contributed by atoms with Crippen LogP contribution in [0.2, 0.25) is 0 Å². The van der Waals surface area contributed by atoms with Crippen LogP contribution in [0.15, 0.2) is 95.9 Å². The first-order valence-corrected chi connectivity index (χ1v) is 13.8. The smallest absolute Gasteiger partial charge is 0.293 e. The molecule has 4 aromatic carbocycles. The van der Waals surface area contributed by atoms with Crippen molar-refractivity contribution >= 4 is 39.8 Å². The van der Waals surface area contributed by atoms with E-state index in [1.807, 2.05) is 78.9 Å². The molecule has 1 aliphatic heterocycles. The molecule has 0 unspecified atom stereocenters. The van der Waals surface area contributed by atoms with Crippen LogP contribution in [0.25, 0.3) is 16.8 Å². The van der Waals surface area contributed by atoms with Gasteiger partial charge >= 0.3 is 0 Å². The fraction of sp³-hybridized carbons (Fsp3) is 0.212. The largest absolute Gasteiger partial charge is 0.490 e. The standard InChI is InChI=1S/C33H31NO4S/c1-33(2,3)27-13-15-28(16-14-27)37-17-18-38-29-10-6-7-23(20-29)21-30-31(35)34(32(36)39-30)22-24-11-12-25-8-4-5-9-26(25)19-24/h4-16,19-21H,17-18,22H2,1-3H3/b30-21-. The van der Waals surface area contributed by atoms with Gasteiger partial charge < -0.3 is 9.47 Å². The maximum absolute atomic E-state index is 13.1. The molecule has 0 radical (unpaired) electrons. The number of fused-ring (bicyclic) bond motifs is 1. The van der Waals surface area contributed by atoms with Gasteiger partial charge in [0.05, 0.1) is 11.4 Å². The molecule has 2 amide bonds. The number of nitrogens with zero attached hydrogens (tertiary/aromatic N) is 1. The highest BCUT2D eigenvalue weighted by atomic mass is 32.2. The van der Waals surface area contributed by atoms with Gasteiger partial charge in [0.25, 0.3) is 11.1 Å². The zero-order valence-electron chi connectivity index (χ0n) is 22.3. The Morgan fingerprint density at radius 1 is 0.769 bits per heavy atom. The van der Waals surface area contributed by atoms with Crippen molar-refractivity contribution in [1.82, 2.24) is 4.90 Å². The summed E-state index contributed by atoms with van der Waals surface area (Å²) in [6, 6.07) is 29.6. The van der Waals surface area contributed by atoms with Crippen LogP contribution in [-0.4, -0.2) is 29.3 Å². The Bertz CT molecular complexity index is 1540. The summed E-state index contributed by atoms with van der Waals surface area (Å²) in [6.07, 6.45) is 1.74. The summed E-state index contributed by atoms with van der Waals surface area (Å²) in [4.78, 5) is 27.4. The summed E-state index contributed by atoms with van der Waals surface area (Å²) in [5.41, 5.74) is 3.07. The van der Waals surface area contributed by atoms with Crippen molar-refractivity contribution in [2.24, 2.45) is 0 Å². The second-order valence-corrected chi connectivity index (χ2v) is 11.5. The molecule has 0 saturated carbocycles. The van der Waals surface area contributed by atoms with Crippen molar-refractivity contribution in [3.05, 3.63) is 113 Å². The van der Waals surface area contributed by atoms with Gasteiger partial charge in [-0.2, -0.15) is 0 Å². The van der Waals surface area contributed by atoms with Gasteiger partial charge in [0, 0.05) is 0 Å². The van der Waals surface area contributed by atoms with Crippen LogP contribution in [-0.2, 0) is 16.8 Å². The van der Waals surface area contributed by atoms with Crippen molar-refractivity contribution in [2.45, 2.75) is 32.7 Å². The summed E-state index contributed by atoms with van der Waals surface area (Å²) in [5.74, 6) is 1.20. The van der Waals surface area contributed by atoms with E-state index in [-0.39, 0.29) is 23.1 Å². The third-order valence-corrected chi connectivity index (χ3v) is 7.43. The molecule has 0 N–H and O–H groups in total. The van der Waals surface area contributed by atoms with Crippen LogP contribution in [0.1, 0.15) is 37.5 Å². The van der Waals surface area contributed by atoms with Crippen LogP contribution in [0.5, 0.6) is 11.5 Å². The van der Waals surface area contributed by atoms with E-state index in [0.717, 1.165) is 39.4 Å². The van der Waals surface area contributed by atoms with Gasteiger partial charge in [-0.15, -0.1) is 0 Å². The Labute approximate surface area is 233 Å². The molecule has 1 aliphatic rings. The zero-order valence-corrected chi connectivity index (χ0v) is 23.2. The molecule has 0 atom stereocenters. The number of rotatable bonds is 8. The molecule has 0 aromatic heterocycles. The summed E-state index contributed by atoms with van der Waals surface area (Å²) in [7, 11) is 0. The van der Waals surface area contributed by atoms with Crippen molar-refractivity contribution in [1.29, 1.82) is 0 Å². The lowest BCUT2D eigenvalue weighted by atomic mass is 9.87. The second kappa shape index (κ2) is 11.4. The lowest BCUT2D eigenvalue weighted by Crippen LogP contribution is -2.27. The Balaban J connectivity index is 1.17. The third-order valence-electron chi connectivity index (χ3n) is 6.53. The Hall–Kier alpha value is -4.03. The van der Waals surface area contributed by atoms with Crippen molar-refractivity contribution in [3.8, 4) is 11.5 Å². The zero-order chi connectivity index (χ0) is 27.4. The molecule has 1 saturated heterocycles. The maximum atomic E-state index is 13.1. The van der Waals surface area contributed by atoms with E-state index in [1.54, 1.807) is 6.08 Å².